The molecule has 0 aliphatic heterocycles. The van der Waals surface area contributed by atoms with Gasteiger partial charge in [-0.05, 0) is 30.1 Å². The molecule has 0 radical (unpaired) electrons. The van der Waals surface area contributed by atoms with Gasteiger partial charge in [-0.2, -0.15) is 0 Å². The second-order valence-corrected chi connectivity index (χ2v) is 5.67. The van der Waals surface area contributed by atoms with Gasteiger partial charge in [0.05, 0.1) is 0 Å². The Balaban J connectivity index is 2.37. The van der Waals surface area contributed by atoms with E-state index in [1.54, 1.807) is 0 Å². The Bertz CT molecular complexity index is 842. The van der Waals surface area contributed by atoms with Crippen molar-refractivity contribution in [2.45, 2.75) is 32.1 Å². The summed E-state index contributed by atoms with van der Waals surface area (Å²) in [5, 5.41) is 0.305. The van der Waals surface area contributed by atoms with Crippen molar-refractivity contribution < 1.29 is 4.42 Å². The molecule has 104 valence electrons. The van der Waals surface area contributed by atoms with Gasteiger partial charge in [0.1, 0.15) is 13.2 Å². The van der Waals surface area contributed by atoms with Crippen LogP contribution in [0.15, 0.2) is 24.9 Å². The fourth-order valence-electron chi connectivity index (χ4n) is 2.39. The molecule has 1 atom stereocenters. The Morgan fingerprint density at radius 2 is 2.15 bits per heavy atom. The van der Waals surface area contributed by atoms with Crippen LogP contribution in [0.5, 0.6) is 0 Å². The maximum absolute atomic E-state index is 12.5. The summed E-state index contributed by atoms with van der Waals surface area (Å²) in [6.45, 7) is 2.32. The number of aromatic amines is 1. The topological polar surface area (TPSA) is 85.1 Å². The van der Waals surface area contributed by atoms with E-state index in [-0.39, 0.29) is 17.1 Å². The number of hydrogen-bond acceptors (Lipinski definition) is 4. The van der Waals surface area contributed by atoms with Gasteiger partial charge in [-0.25, -0.2) is 9.59 Å². The first-order valence-electron chi connectivity index (χ1n) is 6.78. The molecule has 2 heterocycles. The van der Waals surface area contributed by atoms with Crippen LogP contribution in [0, 0.1) is 5.92 Å². The van der Waals surface area contributed by atoms with Crippen LogP contribution < -0.4 is 16.9 Å². The fourth-order valence-corrected chi connectivity index (χ4v) is 2.39. The Kier molecular flexibility index (Phi) is 2.92. The van der Waals surface area contributed by atoms with Crippen molar-refractivity contribution in [3.05, 3.63) is 42.9 Å². The van der Waals surface area contributed by atoms with Crippen LogP contribution in [0.25, 0.3) is 11.1 Å². The maximum atomic E-state index is 12.5. The van der Waals surface area contributed by atoms with Gasteiger partial charge >= 0.3 is 11.3 Å². The predicted octanol–water partition coefficient (Wildman–Crippen LogP) is -0.253. The van der Waals surface area contributed by atoms with E-state index in [1.807, 2.05) is 14.8 Å². The van der Waals surface area contributed by atoms with Crippen molar-refractivity contribution in [1.82, 2.24) is 9.55 Å². The van der Waals surface area contributed by atoms with Crippen molar-refractivity contribution in [2.24, 2.45) is 5.92 Å². The van der Waals surface area contributed by atoms with Crippen molar-refractivity contribution >= 4 is 18.9 Å². The molecule has 2 aromatic heterocycles. The monoisotopic (exact) mass is 274 g/mol. The third kappa shape index (κ3) is 2.13. The lowest BCUT2D eigenvalue weighted by Crippen LogP contribution is -2.36. The van der Waals surface area contributed by atoms with Gasteiger partial charge < -0.3 is 4.42 Å². The third-order valence-electron chi connectivity index (χ3n) is 3.68. The van der Waals surface area contributed by atoms with Crippen molar-refractivity contribution in [3.8, 4) is 0 Å². The molecule has 7 heteroatoms. The lowest BCUT2D eigenvalue weighted by atomic mass is 9.82. The first-order chi connectivity index (χ1) is 9.47. The van der Waals surface area contributed by atoms with Crippen LogP contribution in [-0.4, -0.2) is 17.4 Å². The Hall–Kier alpha value is -2.05. The number of nitrogens with one attached hydrogen (secondary N) is 1. The highest BCUT2D eigenvalue weighted by Crippen LogP contribution is 2.29. The smallest absolute Gasteiger partial charge is 0.337 e. The minimum atomic E-state index is -0.559. The summed E-state index contributed by atoms with van der Waals surface area (Å²) in [5.74, 6) is 0.402. The number of fused-ring (bicyclic) bond motifs is 1. The molecular weight excluding hydrogens is 259 g/mol. The molecule has 1 N–H and O–H groups in total. The van der Waals surface area contributed by atoms with Crippen LogP contribution in [0.2, 0.25) is 0 Å². The van der Waals surface area contributed by atoms with Crippen LogP contribution in [0.3, 0.4) is 0 Å². The van der Waals surface area contributed by atoms with E-state index in [9.17, 15) is 14.4 Å². The highest BCUT2D eigenvalue weighted by Gasteiger charge is 2.24. The van der Waals surface area contributed by atoms with E-state index in [2.05, 4.69) is 4.98 Å². The van der Waals surface area contributed by atoms with Gasteiger partial charge in [-0.1, -0.05) is 6.92 Å². The number of nitrogens with zero attached hydrogens (tertiary/aromatic N) is 1. The summed E-state index contributed by atoms with van der Waals surface area (Å²) >= 11 is 0. The summed E-state index contributed by atoms with van der Waals surface area (Å²) in [4.78, 5) is 38.5. The van der Waals surface area contributed by atoms with Crippen molar-refractivity contribution in [3.63, 3.8) is 0 Å². The Morgan fingerprint density at radius 1 is 1.45 bits per heavy atom. The maximum Gasteiger partial charge on any atom is 0.337 e. The van der Waals surface area contributed by atoms with E-state index in [0.717, 1.165) is 12.8 Å². The lowest BCUT2D eigenvalue weighted by Gasteiger charge is -2.10. The molecule has 3 rings (SSSR count). The summed E-state index contributed by atoms with van der Waals surface area (Å²) in [6.07, 6.45) is 2.09. The number of H-pyrrole nitrogens is 1. The summed E-state index contributed by atoms with van der Waals surface area (Å²) in [7, 11) is 1.89. The summed E-state index contributed by atoms with van der Waals surface area (Å²) in [6, 6.07) is 1.33. The second kappa shape index (κ2) is 4.50. The van der Waals surface area contributed by atoms with Crippen LogP contribution >= 0.6 is 0 Å². The largest absolute Gasteiger partial charge is 0.405 e. The highest BCUT2D eigenvalue weighted by molar-refractivity contribution is 6.13. The minimum absolute atomic E-state index is 0.00502. The van der Waals surface area contributed by atoms with E-state index in [4.69, 9.17) is 4.42 Å². The molecule has 6 nitrogen and oxygen atoms in total. The van der Waals surface area contributed by atoms with Crippen LogP contribution in [0.4, 0.5) is 0 Å². The molecule has 1 fully saturated rings. The van der Waals surface area contributed by atoms with E-state index < -0.39 is 11.3 Å². The van der Waals surface area contributed by atoms with E-state index in [1.165, 1.54) is 10.6 Å². The third-order valence-corrected chi connectivity index (χ3v) is 3.68. The normalized spacial score (nSPS) is 16.4. The second-order valence-electron chi connectivity index (χ2n) is 5.67. The number of hydrogen-bond donors (Lipinski definition) is 1. The van der Waals surface area contributed by atoms with Gasteiger partial charge in [0, 0.05) is 12.6 Å². The molecule has 0 amide bonds. The van der Waals surface area contributed by atoms with Gasteiger partial charge in [-0.15, -0.1) is 0 Å². The summed E-state index contributed by atoms with van der Waals surface area (Å²) in [5.41, 5.74) is -0.858. The summed E-state index contributed by atoms with van der Waals surface area (Å²) < 4.78 is 6.18. The average Bonchev–Trinajstić information content (AvgIpc) is 3.16. The quantitative estimate of drug-likeness (QED) is 0.782. The molecule has 0 bridgehead atoms. The molecule has 1 saturated carbocycles. The van der Waals surface area contributed by atoms with Gasteiger partial charge in [0.25, 0.3) is 5.56 Å². The number of aromatic nitrogens is 2. The molecule has 20 heavy (non-hydrogen) atoms. The molecule has 1 aliphatic rings. The average molecular weight is 274 g/mol. The highest BCUT2D eigenvalue weighted by atomic mass is 16.4. The van der Waals surface area contributed by atoms with Crippen LogP contribution in [0.1, 0.15) is 31.1 Å². The van der Waals surface area contributed by atoms with Gasteiger partial charge in [0.15, 0.2) is 0 Å². The molecule has 0 aromatic carbocycles. The molecule has 0 unspecified atom stereocenters. The predicted molar refractivity (Wildman–Crippen MR) is 77.0 cm³/mol. The van der Waals surface area contributed by atoms with Crippen molar-refractivity contribution in [1.29, 1.82) is 0 Å². The Morgan fingerprint density at radius 3 is 2.75 bits per heavy atom. The standard InChI is InChI=1S/C13H15BN2O4/c1-6(14)8-4-9(17)20-11-10(8)12(18)16(13(19)15-11)5-7-2-3-7/h4,6-7H,2-3,5,14H2,1H3,(H,15,19)/t6-/m0/s1. The Labute approximate surface area is 114 Å². The first-order valence-corrected chi connectivity index (χ1v) is 6.78. The molecule has 2 aromatic rings. The molecule has 1 aliphatic carbocycles. The SMILES string of the molecule is B[C@@H](C)c1cc(=O)oc2[nH]c(=O)n(CC3CC3)c(=O)c12. The van der Waals surface area contributed by atoms with Crippen molar-refractivity contribution in [2.75, 3.05) is 0 Å². The minimum Gasteiger partial charge on any atom is -0.405 e. The molecule has 0 saturated heterocycles. The van der Waals surface area contributed by atoms with E-state index in [0.29, 0.717) is 23.4 Å². The zero-order chi connectivity index (χ0) is 14.4. The zero-order valence-electron chi connectivity index (χ0n) is 11.4. The van der Waals surface area contributed by atoms with Crippen LogP contribution in [-0.2, 0) is 6.54 Å². The fraction of sp³-hybridized carbons (Fsp3) is 0.462. The lowest BCUT2D eigenvalue weighted by molar-refractivity contribution is 0.528. The molecular formula is C13H15BN2O4. The van der Waals surface area contributed by atoms with Gasteiger partial charge in [-0.3, -0.25) is 14.3 Å². The zero-order valence-corrected chi connectivity index (χ0v) is 11.4. The molecule has 0 spiro atoms. The first kappa shape index (κ1) is 13.0. The van der Waals surface area contributed by atoms with E-state index >= 15 is 0 Å². The number of rotatable bonds is 3. The van der Waals surface area contributed by atoms with Gasteiger partial charge in [0.2, 0.25) is 5.71 Å².